The highest BCUT2D eigenvalue weighted by atomic mass is 16.5. The molecule has 5 heteroatoms. The smallest absolute Gasteiger partial charge is 0.251 e. The van der Waals surface area contributed by atoms with Crippen LogP contribution in [0.2, 0.25) is 0 Å². The zero-order valence-electron chi connectivity index (χ0n) is 18.9. The number of piperidine rings is 1. The van der Waals surface area contributed by atoms with Gasteiger partial charge in [0.05, 0.1) is 6.61 Å². The number of ether oxygens (including phenoxy) is 1. The minimum Gasteiger partial charge on any atom is -0.494 e. The molecule has 1 N–H and O–H groups in total. The number of hydrogen-bond donors (Lipinski definition) is 1. The fourth-order valence-corrected chi connectivity index (χ4v) is 3.77. The monoisotopic (exact) mass is 422 g/mol. The van der Waals surface area contributed by atoms with Crippen LogP contribution < -0.4 is 10.1 Å². The van der Waals surface area contributed by atoms with Crippen molar-refractivity contribution in [3.05, 3.63) is 65.2 Å². The van der Waals surface area contributed by atoms with Gasteiger partial charge in [0.1, 0.15) is 5.75 Å². The van der Waals surface area contributed by atoms with E-state index >= 15 is 0 Å². The van der Waals surface area contributed by atoms with Gasteiger partial charge in [-0.3, -0.25) is 9.59 Å². The Morgan fingerprint density at radius 2 is 1.68 bits per heavy atom. The number of benzene rings is 2. The average molecular weight is 423 g/mol. The van der Waals surface area contributed by atoms with Gasteiger partial charge in [-0.1, -0.05) is 43.7 Å². The normalized spacial score (nSPS) is 14.5. The lowest BCUT2D eigenvalue weighted by Gasteiger charge is -2.32. The van der Waals surface area contributed by atoms with E-state index < -0.39 is 0 Å². The zero-order valence-corrected chi connectivity index (χ0v) is 18.9. The summed E-state index contributed by atoms with van der Waals surface area (Å²) in [6, 6.07) is 15.9. The lowest BCUT2D eigenvalue weighted by molar-refractivity contribution is -0.132. The van der Waals surface area contributed by atoms with Crippen molar-refractivity contribution in [2.75, 3.05) is 19.7 Å². The molecule has 1 aliphatic heterocycles. The molecule has 5 nitrogen and oxygen atoms in total. The topological polar surface area (TPSA) is 58.6 Å². The van der Waals surface area contributed by atoms with Gasteiger partial charge in [0, 0.05) is 31.1 Å². The zero-order chi connectivity index (χ0) is 22.2. The van der Waals surface area contributed by atoms with Gasteiger partial charge < -0.3 is 15.0 Å². The first-order valence-electron chi connectivity index (χ1n) is 11.3. The maximum Gasteiger partial charge on any atom is 0.251 e. The molecule has 0 atom stereocenters. The maximum absolute atomic E-state index is 12.5. The summed E-state index contributed by atoms with van der Waals surface area (Å²) in [7, 11) is 0. The average Bonchev–Trinajstić information content (AvgIpc) is 2.78. The van der Waals surface area contributed by atoms with Crippen LogP contribution in [0.15, 0.2) is 48.5 Å². The van der Waals surface area contributed by atoms with Gasteiger partial charge in [-0.25, -0.2) is 0 Å². The SMILES string of the molecule is Cc1ccc(OCCCC(=O)N2CCC(NC(=O)c3ccc(C(C)C)cc3)CC2)cc1. The Labute approximate surface area is 185 Å². The van der Waals surface area contributed by atoms with Crippen molar-refractivity contribution in [1.82, 2.24) is 10.2 Å². The van der Waals surface area contributed by atoms with Crippen molar-refractivity contribution in [3.63, 3.8) is 0 Å². The summed E-state index contributed by atoms with van der Waals surface area (Å²) in [5, 5.41) is 3.12. The van der Waals surface area contributed by atoms with Crippen molar-refractivity contribution in [2.45, 2.75) is 58.4 Å². The molecule has 0 saturated carbocycles. The molecule has 0 unspecified atom stereocenters. The summed E-state index contributed by atoms with van der Waals surface area (Å²) >= 11 is 0. The fourth-order valence-electron chi connectivity index (χ4n) is 3.77. The third kappa shape index (κ3) is 6.84. The van der Waals surface area contributed by atoms with Crippen molar-refractivity contribution in [2.24, 2.45) is 0 Å². The maximum atomic E-state index is 12.5. The predicted octanol–water partition coefficient (Wildman–Crippen LogP) is 4.70. The molecule has 1 saturated heterocycles. The molecule has 2 amide bonds. The number of carbonyl (C=O) groups is 2. The van der Waals surface area contributed by atoms with E-state index in [2.05, 4.69) is 19.2 Å². The summed E-state index contributed by atoms with van der Waals surface area (Å²) in [5.74, 6) is 1.43. The van der Waals surface area contributed by atoms with Crippen LogP contribution in [-0.2, 0) is 4.79 Å². The highest BCUT2D eigenvalue weighted by Crippen LogP contribution is 2.17. The molecule has 2 aromatic rings. The molecular weight excluding hydrogens is 388 g/mol. The van der Waals surface area contributed by atoms with Crippen LogP contribution in [0.25, 0.3) is 0 Å². The molecule has 0 bridgehead atoms. The number of carbonyl (C=O) groups excluding carboxylic acids is 2. The Bertz CT molecular complexity index is 851. The highest BCUT2D eigenvalue weighted by Gasteiger charge is 2.24. The molecule has 0 aliphatic carbocycles. The summed E-state index contributed by atoms with van der Waals surface area (Å²) in [5.41, 5.74) is 3.12. The Hall–Kier alpha value is -2.82. The van der Waals surface area contributed by atoms with E-state index in [9.17, 15) is 9.59 Å². The van der Waals surface area contributed by atoms with Gasteiger partial charge in [-0.2, -0.15) is 0 Å². The Morgan fingerprint density at radius 1 is 1.03 bits per heavy atom. The second-order valence-electron chi connectivity index (χ2n) is 8.67. The minimum absolute atomic E-state index is 0.0339. The predicted molar refractivity (Wildman–Crippen MR) is 124 cm³/mol. The van der Waals surface area contributed by atoms with Crippen LogP contribution in [0.4, 0.5) is 0 Å². The van der Waals surface area contributed by atoms with Gasteiger partial charge >= 0.3 is 0 Å². The number of nitrogens with one attached hydrogen (secondary N) is 1. The number of hydrogen-bond acceptors (Lipinski definition) is 3. The third-order valence-electron chi connectivity index (χ3n) is 5.85. The number of nitrogens with zero attached hydrogens (tertiary/aromatic N) is 1. The molecule has 3 rings (SSSR count). The first kappa shape index (κ1) is 22.9. The molecule has 2 aromatic carbocycles. The largest absolute Gasteiger partial charge is 0.494 e. The van der Waals surface area contributed by atoms with E-state index in [1.165, 1.54) is 11.1 Å². The number of aryl methyl sites for hydroxylation is 1. The summed E-state index contributed by atoms with van der Waals surface area (Å²) in [6.07, 6.45) is 2.78. The first-order chi connectivity index (χ1) is 14.9. The number of amides is 2. The fraction of sp³-hybridized carbons (Fsp3) is 0.462. The molecule has 0 aromatic heterocycles. The standard InChI is InChI=1S/C26H34N2O3/c1-19(2)21-8-10-22(11-9-21)26(30)27-23-14-16-28(17-15-23)25(29)5-4-18-31-24-12-6-20(3)7-13-24/h6-13,19,23H,4-5,14-18H2,1-3H3,(H,27,30). The second-order valence-corrected chi connectivity index (χ2v) is 8.67. The minimum atomic E-state index is -0.0339. The summed E-state index contributed by atoms with van der Waals surface area (Å²) in [4.78, 5) is 26.9. The van der Waals surface area contributed by atoms with E-state index in [4.69, 9.17) is 4.74 Å². The Balaban J connectivity index is 1.35. The van der Waals surface area contributed by atoms with Gasteiger partial charge in [0.25, 0.3) is 5.91 Å². The van der Waals surface area contributed by atoms with E-state index in [1.54, 1.807) is 0 Å². The van der Waals surface area contributed by atoms with Gasteiger partial charge in [0.2, 0.25) is 5.91 Å². The van der Waals surface area contributed by atoms with Crippen LogP contribution in [0.3, 0.4) is 0 Å². The van der Waals surface area contributed by atoms with E-state index in [0.29, 0.717) is 44.0 Å². The highest BCUT2D eigenvalue weighted by molar-refractivity contribution is 5.94. The quantitative estimate of drug-likeness (QED) is 0.628. The number of likely N-dealkylation sites (tertiary alicyclic amines) is 1. The molecule has 1 fully saturated rings. The van der Waals surface area contributed by atoms with Crippen LogP contribution in [0.1, 0.15) is 66.9 Å². The van der Waals surface area contributed by atoms with Crippen LogP contribution in [-0.4, -0.2) is 42.5 Å². The lowest BCUT2D eigenvalue weighted by Crippen LogP contribution is -2.46. The van der Waals surface area contributed by atoms with Gasteiger partial charge in [-0.15, -0.1) is 0 Å². The first-order valence-corrected chi connectivity index (χ1v) is 11.3. The Kier molecular flexibility index (Phi) is 8.10. The second kappa shape index (κ2) is 11.0. The van der Waals surface area contributed by atoms with Crippen molar-refractivity contribution < 1.29 is 14.3 Å². The summed E-state index contributed by atoms with van der Waals surface area (Å²) < 4.78 is 5.70. The van der Waals surface area contributed by atoms with Crippen LogP contribution in [0, 0.1) is 6.92 Å². The molecule has 166 valence electrons. The molecule has 0 spiro atoms. The van der Waals surface area contributed by atoms with Crippen LogP contribution in [0.5, 0.6) is 5.75 Å². The van der Waals surface area contributed by atoms with Gasteiger partial charge in [-0.05, 0) is 61.9 Å². The van der Waals surface area contributed by atoms with E-state index in [0.717, 1.165) is 18.6 Å². The summed E-state index contributed by atoms with van der Waals surface area (Å²) in [6.45, 7) is 8.24. The Morgan fingerprint density at radius 3 is 2.29 bits per heavy atom. The molecule has 1 heterocycles. The number of rotatable bonds is 8. The molecule has 1 aliphatic rings. The molecule has 0 radical (unpaired) electrons. The molecular formula is C26H34N2O3. The van der Waals surface area contributed by atoms with E-state index in [1.807, 2.05) is 60.4 Å². The van der Waals surface area contributed by atoms with Gasteiger partial charge in [0.15, 0.2) is 0 Å². The van der Waals surface area contributed by atoms with Crippen molar-refractivity contribution in [1.29, 1.82) is 0 Å². The van der Waals surface area contributed by atoms with Crippen molar-refractivity contribution in [3.8, 4) is 5.75 Å². The lowest BCUT2D eigenvalue weighted by atomic mass is 10.0. The van der Waals surface area contributed by atoms with E-state index in [-0.39, 0.29) is 17.9 Å². The molecule has 31 heavy (non-hydrogen) atoms. The van der Waals surface area contributed by atoms with Crippen LogP contribution >= 0.6 is 0 Å². The van der Waals surface area contributed by atoms with Crippen molar-refractivity contribution >= 4 is 11.8 Å². The third-order valence-corrected chi connectivity index (χ3v) is 5.85.